The largest absolute Gasteiger partial charge is 0.344 e. The summed E-state index contributed by atoms with van der Waals surface area (Å²) in [6, 6.07) is -2.16. The zero-order valence-corrected chi connectivity index (χ0v) is 15.7. The first-order chi connectivity index (χ1) is 11.9. The van der Waals surface area contributed by atoms with Gasteiger partial charge in [-0.1, -0.05) is 6.42 Å². The Hall–Kier alpha value is -1.22. The number of carbonyl (C=O) groups excluding carboxylic acids is 3. The van der Waals surface area contributed by atoms with Crippen molar-refractivity contribution >= 4 is 29.2 Å². The van der Waals surface area contributed by atoms with Gasteiger partial charge in [-0.15, -0.1) is 11.6 Å². The maximum atomic E-state index is 12.2. The topological polar surface area (TPSA) is 153 Å². The van der Waals surface area contributed by atoms with Gasteiger partial charge in [-0.05, 0) is 52.1 Å². The predicted octanol–water partition coefficient (Wildman–Crippen LogP) is -0.631. The molecule has 0 saturated carbocycles. The Kier molecular flexibility index (Phi) is 13.3. The number of alkyl halides is 1. The van der Waals surface area contributed by atoms with Crippen molar-refractivity contribution in [2.45, 2.75) is 63.6 Å². The smallest absolute Gasteiger partial charge is 0.242 e. The van der Waals surface area contributed by atoms with Gasteiger partial charge >= 0.3 is 0 Å². The van der Waals surface area contributed by atoms with E-state index in [4.69, 9.17) is 28.8 Å². The second kappa shape index (κ2) is 14.0. The average molecular weight is 378 g/mol. The van der Waals surface area contributed by atoms with Crippen molar-refractivity contribution in [2.75, 3.05) is 19.0 Å². The number of ketones is 1. The third-order valence-corrected chi connectivity index (χ3v) is 4.11. The van der Waals surface area contributed by atoms with Crippen molar-refractivity contribution in [1.29, 1.82) is 0 Å². The van der Waals surface area contributed by atoms with Gasteiger partial charge in [0.15, 0.2) is 5.78 Å². The zero-order chi connectivity index (χ0) is 19.2. The first-order valence-corrected chi connectivity index (χ1v) is 9.25. The van der Waals surface area contributed by atoms with Gasteiger partial charge in [-0.2, -0.15) is 0 Å². The Morgan fingerprint density at radius 1 is 0.920 bits per heavy atom. The summed E-state index contributed by atoms with van der Waals surface area (Å²) in [6.45, 7) is 2.61. The van der Waals surface area contributed by atoms with Gasteiger partial charge in [-0.25, -0.2) is 0 Å². The average Bonchev–Trinajstić information content (AvgIpc) is 2.60. The van der Waals surface area contributed by atoms with Crippen molar-refractivity contribution in [3.05, 3.63) is 0 Å². The number of nitrogens with one attached hydrogen (secondary N) is 2. The minimum absolute atomic E-state index is 0.180. The number of unbranched alkanes of at least 4 members (excludes halogenated alkanes) is 2. The lowest BCUT2D eigenvalue weighted by Gasteiger charge is -2.21. The van der Waals surface area contributed by atoms with E-state index < -0.39 is 29.9 Å². The summed E-state index contributed by atoms with van der Waals surface area (Å²) >= 11 is 5.59. The van der Waals surface area contributed by atoms with Crippen LogP contribution in [0.5, 0.6) is 0 Å². The van der Waals surface area contributed by atoms with Gasteiger partial charge in [0.1, 0.15) is 6.04 Å². The second-order valence-electron chi connectivity index (χ2n) is 6.07. The summed E-state index contributed by atoms with van der Waals surface area (Å²) in [5.41, 5.74) is 16.6. The van der Waals surface area contributed by atoms with E-state index in [1.165, 1.54) is 0 Å². The van der Waals surface area contributed by atoms with E-state index in [1.54, 1.807) is 6.92 Å². The molecule has 0 aliphatic heterocycles. The van der Waals surface area contributed by atoms with Gasteiger partial charge in [-0.3, -0.25) is 14.4 Å². The highest BCUT2D eigenvalue weighted by Crippen LogP contribution is 2.04. The molecule has 0 aliphatic carbocycles. The number of hydrogen-bond donors (Lipinski definition) is 5. The van der Waals surface area contributed by atoms with Crippen LogP contribution in [0.1, 0.15) is 45.4 Å². The van der Waals surface area contributed by atoms with Crippen molar-refractivity contribution in [3.8, 4) is 0 Å². The van der Waals surface area contributed by atoms with Crippen LogP contribution < -0.4 is 27.8 Å². The predicted molar refractivity (Wildman–Crippen MR) is 99.0 cm³/mol. The molecule has 0 radical (unpaired) electrons. The van der Waals surface area contributed by atoms with Crippen LogP contribution in [-0.4, -0.2) is 54.7 Å². The minimum atomic E-state index is -0.798. The molecule has 3 unspecified atom stereocenters. The van der Waals surface area contributed by atoms with Crippen LogP contribution in [0.4, 0.5) is 0 Å². The molecular weight excluding hydrogens is 346 g/mol. The molecule has 0 aromatic heterocycles. The van der Waals surface area contributed by atoms with E-state index in [2.05, 4.69) is 10.6 Å². The molecule has 25 heavy (non-hydrogen) atoms. The third-order valence-electron chi connectivity index (χ3n) is 3.84. The lowest BCUT2D eigenvalue weighted by molar-refractivity contribution is -0.131. The van der Waals surface area contributed by atoms with E-state index in [0.29, 0.717) is 32.4 Å². The van der Waals surface area contributed by atoms with Crippen LogP contribution in [0.2, 0.25) is 0 Å². The van der Waals surface area contributed by atoms with Crippen LogP contribution in [0.25, 0.3) is 0 Å². The van der Waals surface area contributed by atoms with Gasteiger partial charge in [0.2, 0.25) is 11.8 Å². The number of amides is 2. The van der Waals surface area contributed by atoms with Crippen LogP contribution in [0.3, 0.4) is 0 Å². The van der Waals surface area contributed by atoms with Crippen molar-refractivity contribution in [2.24, 2.45) is 17.2 Å². The summed E-state index contributed by atoms with van der Waals surface area (Å²) in [6.07, 6.45) is 3.97. The van der Waals surface area contributed by atoms with Crippen molar-refractivity contribution in [3.63, 3.8) is 0 Å². The Bertz CT molecular complexity index is 423. The summed E-state index contributed by atoms with van der Waals surface area (Å²) in [5, 5.41) is 5.20. The molecule has 3 atom stereocenters. The number of Topliss-reactive ketones (excluding diaryl/α,β-unsaturated/α-hetero) is 1. The number of rotatable bonds is 14. The highest BCUT2D eigenvalue weighted by atomic mass is 35.5. The number of carbonyl (C=O) groups is 3. The molecular formula is C16H32ClN5O3. The molecule has 0 aliphatic rings. The minimum Gasteiger partial charge on any atom is -0.344 e. The molecule has 0 spiro atoms. The summed E-state index contributed by atoms with van der Waals surface area (Å²) < 4.78 is 0. The van der Waals surface area contributed by atoms with Crippen molar-refractivity contribution < 1.29 is 14.4 Å². The lowest BCUT2D eigenvalue weighted by Crippen LogP contribution is -2.53. The zero-order valence-electron chi connectivity index (χ0n) is 14.9. The molecule has 0 fully saturated rings. The van der Waals surface area contributed by atoms with Crippen LogP contribution in [-0.2, 0) is 14.4 Å². The van der Waals surface area contributed by atoms with E-state index >= 15 is 0 Å². The molecule has 8 nitrogen and oxygen atoms in total. The summed E-state index contributed by atoms with van der Waals surface area (Å²) in [4.78, 5) is 36.1. The SMILES string of the molecule is CC(NC(=O)C(N)CCCCN)C(=O)NC(CCCCN)C(=O)CCl. The lowest BCUT2D eigenvalue weighted by atomic mass is 10.1. The monoisotopic (exact) mass is 377 g/mol. The Balaban J connectivity index is 4.47. The molecule has 0 heterocycles. The van der Waals surface area contributed by atoms with E-state index in [1.807, 2.05) is 0 Å². The molecule has 9 heteroatoms. The van der Waals surface area contributed by atoms with Crippen molar-refractivity contribution in [1.82, 2.24) is 10.6 Å². The fraction of sp³-hybridized carbons (Fsp3) is 0.812. The highest BCUT2D eigenvalue weighted by molar-refractivity contribution is 6.28. The molecule has 0 saturated heterocycles. The molecule has 0 bridgehead atoms. The Labute approximate surface area is 154 Å². The standard InChI is InChI=1S/C16H32ClN5O3/c1-11(21-16(25)12(20)6-2-4-8-18)15(24)22-13(14(23)10-17)7-3-5-9-19/h11-13H,2-10,18-20H2,1H3,(H,21,25)(H,22,24). The van der Waals surface area contributed by atoms with Gasteiger partial charge in [0.25, 0.3) is 0 Å². The van der Waals surface area contributed by atoms with Crippen LogP contribution in [0, 0.1) is 0 Å². The molecule has 0 rings (SSSR count). The first kappa shape index (κ1) is 23.8. The van der Waals surface area contributed by atoms with E-state index in [9.17, 15) is 14.4 Å². The quantitative estimate of drug-likeness (QED) is 0.200. The number of halogens is 1. The number of hydrogen-bond acceptors (Lipinski definition) is 6. The Morgan fingerprint density at radius 2 is 1.48 bits per heavy atom. The molecule has 0 aromatic rings. The van der Waals surface area contributed by atoms with E-state index in [0.717, 1.165) is 19.3 Å². The molecule has 0 aromatic carbocycles. The second-order valence-corrected chi connectivity index (χ2v) is 6.33. The third kappa shape index (κ3) is 10.4. The molecule has 8 N–H and O–H groups in total. The fourth-order valence-electron chi connectivity index (χ4n) is 2.22. The van der Waals surface area contributed by atoms with Gasteiger partial charge < -0.3 is 27.8 Å². The Morgan fingerprint density at radius 3 is 2.00 bits per heavy atom. The van der Waals surface area contributed by atoms with E-state index in [-0.39, 0.29) is 11.7 Å². The van der Waals surface area contributed by atoms with Gasteiger partial charge in [0.05, 0.1) is 18.0 Å². The highest BCUT2D eigenvalue weighted by Gasteiger charge is 2.24. The number of nitrogens with two attached hydrogens (primary N) is 3. The summed E-state index contributed by atoms with van der Waals surface area (Å²) in [7, 11) is 0. The maximum Gasteiger partial charge on any atom is 0.242 e. The maximum absolute atomic E-state index is 12.2. The first-order valence-electron chi connectivity index (χ1n) is 8.72. The van der Waals surface area contributed by atoms with Crippen LogP contribution >= 0.6 is 11.6 Å². The fourth-order valence-corrected chi connectivity index (χ4v) is 2.41. The van der Waals surface area contributed by atoms with Gasteiger partial charge in [0, 0.05) is 0 Å². The summed E-state index contributed by atoms with van der Waals surface area (Å²) in [5.74, 6) is -1.29. The molecule has 146 valence electrons. The molecule has 2 amide bonds. The van der Waals surface area contributed by atoms with Crippen LogP contribution in [0.15, 0.2) is 0 Å². The normalized spacial score (nSPS) is 14.4.